The van der Waals surface area contributed by atoms with Gasteiger partial charge in [-0.2, -0.15) is 0 Å². The largest absolute Gasteiger partial charge is 0.463 e. The minimum absolute atomic E-state index is 0.240. The lowest BCUT2D eigenvalue weighted by atomic mass is 10.00. The fourth-order valence-electron chi connectivity index (χ4n) is 5.22. The van der Waals surface area contributed by atoms with Crippen LogP contribution in [0.2, 0.25) is 0 Å². The summed E-state index contributed by atoms with van der Waals surface area (Å²) in [7, 11) is 0. The number of hydrogen-bond donors (Lipinski definition) is 0. The van der Waals surface area contributed by atoms with E-state index in [0.29, 0.717) is 17.9 Å². The lowest BCUT2D eigenvalue weighted by Gasteiger charge is -2.13. The molecule has 6 heteroatoms. The van der Waals surface area contributed by atoms with Gasteiger partial charge in [0, 0.05) is 0 Å². The lowest BCUT2D eigenvalue weighted by Crippen LogP contribution is -2.26. The molecule has 46 heavy (non-hydrogen) atoms. The summed E-state index contributed by atoms with van der Waals surface area (Å²) in [6, 6.07) is 22.1. The first-order chi connectivity index (χ1) is 22.4. The topological polar surface area (TPSA) is 78.9 Å². The van der Waals surface area contributed by atoms with Crippen molar-refractivity contribution >= 4 is 17.9 Å². The van der Waals surface area contributed by atoms with Crippen molar-refractivity contribution in [2.45, 2.75) is 117 Å². The maximum absolute atomic E-state index is 12.7. The summed E-state index contributed by atoms with van der Waals surface area (Å²) >= 11 is 0. The number of rotatable bonds is 21. The van der Waals surface area contributed by atoms with E-state index < -0.39 is 24.0 Å². The Kier molecular flexibility index (Phi) is 16.7. The Bertz CT molecular complexity index is 1310. The number of ether oxygens (including phenoxy) is 3. The van der Waals surface area contributed by atoms with Crippen molar-refractivity contribution in [1.82, 2.24) is 0 Å². The Morgan fingerprint density at radius 3 is 1.63 bits per heavy atom. The number of aryl methyl sites for hydroxylation is 1. The van der Waals surface area contributed by atoms with Crippen molar-refractivity contribution in [1.29, 1.82) is 0 Å². The number of esters is 3. The van der Waals surface area contributed by atoms with Crippen molar-refractivity contribution in [3.63, 3.8) is 0 Å². The molecule has 0 aliphatic rings. The summed E-state index contributed by atoms with van der Waals surface area (Å²) in [4.78, 5) is 37.2. The van der Waals surface area contributed by atoms with Gasteiger partial charge in [0.05, 0.1) is 17.7 Å². The second-order valence-electron chi connectivity index (χ2n) is 12.0. The van der Waals surface area contributed by atoms with E-state index >= 15 is 0 Å². The average Bonchev–Trinajstić information content (AvgIpc) is 3.08. The summed E-state index contributed by atoms with van der Waals surface area (Å²) in [5.74, 6) is -1.42. The zero-order valence-corrected chi connectivity index (χ0v) is 28.1. The summed E-state index contributed by atoms with van der Waals surface area (Å²) < 4.78 is 15.9. The molecule has 0 spiro atoms. The highest BCUT2D eigenvalue weighted by Gasteiger charge is 2.20. The minimum Gasteiger partial charge on any atom is -0.463 e. The third-order valence-electron chi connectivity index (χ3n) is 8.14. The standard InChI is InChI=1S/C40H52O6/c1-4-6-8-9-10-11-12-13-14-15-17-32-18-20-33(21-19-32)34-22-24-35(25-23-34)40(43)46-37-28-26-36(27-29-37)39(42)45-31(3)38(41)44-30-16-7-5-2/h18-29,31H,4-17,30H2,1-3H3/t31-/m0/s1. The molecule has 6 nitrogen and oxygen atoms in total. The van der Waals surface area contributed by atoms with Gasteiger partial charge in [0.2, 0.25) is 0 Å². The van der Waals surface area contributed by atoms with Crippen molar-refractivity contribution < 1.29 is 28.6 Å². The molecule has 3 aromatic carbocycles. The van der Waals surface area contributed by atoms with E-state index in [0.717, 1.165) is 36.8 Å². The fraction of sp³-hybridized carbons (Fsp3) is 0.475. The first kappa shape index (κ1) is 36.5. The fourth-order valence-corrected chi connectivity index (χ4v) is 5.22. The van der Waals surface area contributed by atoms with E-state index in [-0.39, 0.29) is 5.56 Å². The van der Waals surface area contributed by atoms with Crippen LogP contribution in [0.3, 0.4) is 0 Å². The zero-order valence-electron chi connectivity index (χ0n) is 28.1. The van der Waals surface area contributed by atoms with Crippen LogP contribution in [0.4, 0.5) is 0 Å². The van der Waals surface area contributed by atoms with E-state index in [2.05, 4.69) is 38.1 Å². The van der Waals surface area contributed by atoms with Gasteiger partial charge in [0.15, 0.2) is 6.10 Å². The summed E-state index contributed by atoms with van der Waals surface area (Å²) in [6.07, 6.45) is 16.3. The van der Waals surface area contributed by atoms with Crippen LogP contribution < -0.4 is 4.74 Å². The smallest absolute Gasteiger partial charge is 0.347 e. The van der Waals surface area contributed by atoms with Crippen LogP contribution in [-0.4, -0.2) is 30.6 Å². The van der Waals surface area contributed by atoms with Gasteiger partial charge >= 0.3 is 17.9 Å². The second kappa shape index (κ2) is 21.0. The van der Waals surface area contributed by atoms with Gasteiger partial charge in [-0.25, -0.2) is 14.4 Å². The molecule has 0 aliphatic carbocycles. The normalized spacial score (nSPS) is 11.5. The molecule has 0 saturated carbocycles. The van der Waals surface area contributed by atoms with Crippen LogP contribution in [0, 0.1) is 0 Å². The van der Waals surface area contributed by atoms with Crippen molar-refractivity contribution in [2.24, 2.45) is 0 Å². The molecule has 0 N–H and O–H groups in total. The van der Waals surface area contributed by atoms with Crippen LogP contribution >= 0.6 is 0 Å². The number of benzene rings is 3. The summed E-state index contributed by atoms with van der Waals surface area (Å²) in [5, 5.41) is 0. The molecule has 0 bridgehead atoms. The first-order valence-electron chi connectivity index (χ1n) is 17.3. The van der Waals surface area contributed by atoms with Gasteiger partial charge in [0.1, 0.15) is 5.75 Å². The van der Waals surface area contributed by atoms with E-state index in [1.54, 1.807) is 12.1 Å². The van der Waals surface area contributed by atoms with Gasteiger partial charge in [-0.1, -0.05) is 121 Å². The molecule has 0 saturated heterocycles. The molecule has 0 radical (unpaired) electrons. The van der Waals surface area contributed by atoms with E-state index in [1.165, 1.54) is 101 Å². The Labute approximate surface area is 275 Å². The van der Waals surface area contributed by atoms with Crippen LogP contribution in [0.5, 0.6) is 5.75 Å². The van der Waals surface area contributed by atoms with Crippen molar-refractivity contribution in [2.75, 3.05) is 6.61 Å². The first-order valence-corrected chi connectivity index (χ1v) is 17.3. The minimum atomic E-state index is -1.01. The third kappa shape index (κ3) is 13.2. The molecule has 0 aliphatic heterocycles. The highest BCUT2D eigenvalue weighted by molar-refractivity contribution is 5.93. The van der Waals surface area contributed by atoms with Crippen molar-refractivity contribution in [3.05, 3.63) is 89.5 Å². The second-order valence-corrected chi connectivity index (χ2v) is 12.0. The molecule has 0 fully saturated rings. The predicted molar refractivity (Wildman–Crippen MR) is 184 cm³/mol. The highest BCUT2D eigenvalue weighted by Crippen LogP contribution is 2.23. The molecule has 0 aromatic heterocycles. The van der Waals surface area contributed by atoms with Gasteiger partial charge < -0.3 is 14.2 Å². The van der Waals surface area contributed by atoms with Crippen LogP contribution in [0.15, 0.2) is 72.8 Å². The Morgan fingerprint density at radius 1 is 0.565 bits per heavy atom. The van der Waals surface area contributed by atoms with Crippen molar-refractivity contribution in [3.8, 4) is 16.9 Å². The Balaban J connectivity index is 1.39. The molecule has 0 heterocycles. The number of unbranched alkanes of at least 4 members (excludes halogenated alkanes) is 11. The molecule has 3 rings (SSSR count). The molecule has 3 aromatic rings. The van der Waals surface area contributed by atoms with Gasteiger partial charge in [-0.15, -0.1) is 0 Å². The number of carbonyl (C=O) groups excluding carboxylic acids is 3. The molecular weight excluding hydrogens is 576 g/mol. The Morgan fingerprint density at radius 2 is 1.04 bits per heavy atom. The van der Waals surface area contributed by atoms with Gasteiger partial charge in [0.25, 0.3) is 0 Å². The Hall–Kier alpha value is -3.93. The lowest BCUT2D eigenvalue weighted by molar-refractivity contribution is -0.153. The molecule has 0 amide bonds. The van der Waals surface area contributed by atoms with Crippen LogP contribution in [0.25, 0.3) is 11.1 Å². The van der Waals surface area contributed by atoms with E-state index in [9.17, 15) is 14.4 Å². The molecular formula is C40H52O6. The predicted octanol–water partition coefficient (Wildman–Crippen LogP) is 10.3. The summed E-state index contributed by atoms with van der Waals surface area (Å²) in [5.41, 5.74) is 4.16. The maximum Gasteiger partial charge on any atom is 0.347 e. The average molecular weight is 629 g/mol. The summed E-state index contributed by atoms with van der Waals surface area (Å²) in [6.45, 7) is 6.12. The molecule has 1 atom stereocenters. The number of hydrogen-bond acceptors (Lipinski definition) is 6. The van der Waals surface area contributed by atoms with Crippen LogP contribution in [-0.2, 0) is 20.7 Å². The quantitative estimate of drug-likeness (QED) is 0.0663. The number of carbonyl (C=O) groups is 3. The van der Waals surface area contributed by atoms with Crippen LogP contribution in [0.1, 0.15) is 131 Å². The molecule has 0 unspecified atom stereocenters. The monoisotopic (exact) mass is 628 g/mol. The zero-order chi connectivity index (χ0) is 33.0. The molecule has 248 valence electrons. The van der Waals surface area contributed by atoms with Gasteiger partial charge in [-0.05, 0) is 79.3 Å². The maximum atomic E-state index is 12.7. The SMILES string of the molecule is CCCCCCCCCCCCc1ccc(-c2ccc(C(=O)Oc3ccc(C(=O)O[C@@H](C)C(=O)OCCCCC)cc3)cc2)cc1. The van der Waals surface area contributed by atoms with E-state index in [4.69, 9.17) is 14.2 Å². The van der Waals surface area contributed by atoms with E-state index in [1.807, 2.05) is 12.1 Å². The third-order valence-corrected chi connectivity index (χ3v) is 8.14. The highest BCUT2D eigenvalue weighted by atomic mass is 16.6. The van der Waals surface area contributed by atoms with Gasteiger partial charge in [-0.3, -0.25) is 0 Å².